The predicted octanol–water partition coefficient (Wildman–Crippen LogP) is 1.87. The number of nitriles is 1. The Kier molecular flexibility index (Phi) is 6.09. The van der Waals surface area contributed by atoms with Crippen LogP contribution in [0.5, 0.6) is 0 Å². The molecule has 0 spiro atoms. The van der Waals surface area contributed by atoms with Gasteiger partial charge in [0.05, 0.1) is 18.2 Å². The Bertz CT molecular complexity index is 425. The van der Waals surface area contributed by atoms with Crippen LogP contribution in [0.4, 0.5) is 5.69 Å². The number of carbonyl (C=O) groups excluding carboxylic acids is 1. The summed E-state index contributed by atoms with van der Waals surface area (Å²) in [6.45, 7) is 0.498. The van der Waals surface area contributed by atoms with Crippen LogP contribution < -0.4 is 5.73 Å². The summed E-state index contributed by atoms with van der Waals surface area (Å²) in [5.74, 6) is 1.29. The fourth-order valence-electron chi connectivity index (χ4n) is 1.32. The first-order valence-corrected chi connectivity index (χ1v) is 6.82. The first kappa shape index (κ1) is 14.4. The number of nitrogens with two attached hydrogens (primary N) is 1. The zero-order valence-electron chi connectivity index (χ0n) is 10.4. The van der Waals surface area contributed by atoms with E-state index in [1.54, 1.807) is 23.7 Å². The lowest BCUT2D eigenvalue weighted by Crippen LogP contribution is -2.29. The van der Waals surface area contributed by atoms with E-state index in [4.69, 9.17) is 11.0 Å². The summed E-state index contributed by atoms with van der Waals surface area (Å²) in [6, 6.07) is 9.67. The Morgan fingerprint density at radius 2 is 2.11 bits per heavy atom. The number of hydrogen-bond acceptors (Lipinski definition) is 4. The monoisotopic (exact) mass is 263 g/mol. The molecule has 1 aromatic rings. The Labute approximate surface area is 112 Å². The van der Waals surface area contributed by atoms with Crippen molar-refractivity contribution >= 4 is 23.4 Å². The SMILES string of the molecule is CN(CCC#N)C(=O)CSCc1ccc(N)cc1. The van der Waals surface area contributed by atoms with E-state index in [0.717, 1.165) is 17.0 Å². The lowest BCUT2D eigenvalue weighted by atomic mass is 10.2. The average molecular weight is 263 g/mol. The van der Waals surface area contributed by atoms with E-state index in [1.807, 2.05) is 30.3 Å². The van der Waals surface area contributed by atoms with Crippen LogP contribution in [0.15, 0.2) is 24.3 Å². The molecule has 0 bridgehead atoms. The van der Waals surface area contributed by atoms with Crippen LogP contribution in [0.25, 0.3) is 0 Å². The van der Waals surface area contributed by atoms with Crippen molar-refractivity contribution in [2.75, 3.05) is 25.1 Å². The number of carbonyl (C=O) groups is 1. The van der Waals surface area contributed by atoms with Gasteiger partial charge in [-0.3, -0.25) is 4.79 Å². The smallest absolute Gasteiger partial charge is 0.232 e. The van der Waals surface area contributed by atoms with Crippen molar-refractivity contribution in [1.29, 1.82) is 5.26 Å². The highest BCUT2D eigenvalue weighted by Gasteiger charge is 2.07. The summed E-state index contributed by atoms with van der Waals surface area (Å²) in [4.78, 5) is 13.3. The van der Waals surface area contributed by atoms with Crippen LogP contribution in [0.3, 0.4) is 0 Å². The lowest BCUT2D eigenvalue weighted by molar-refractivity contribution is -0.127. The number of nitrogens with zero attached hydrogens (tertiary/aromatic N) is 2. The molecule has 0 saturated carbocycles. The number of rotatable bonds is 6. The molecule has 2 N–H and O–H groups in total. The number of anilines is 1. The van der Waals surface area contributed by atoms with Crippen molar-refractivity contribution in [1.82, 2.24) is 4.90 Å². The molecule has 0 unspecified atom stereocenters. The van der Waals surface area contributed by atoms with Crippen LogP contribution in [0.1, 0.15) is 12.0 Å². The molecule has 0 aliphatic carbocycles. The molecule has 0 heterocycles. The number of amides is 1. The molecule has 0 atom stereocenters. The minimum Gasteiger partial charge on any atom is -0.399 e. The molecule has 0 aliphatic rings. The molecule has 4 nitrogen and oxygen atoms in total. The molecule has 1 aromatic carbocycles. The topological polar surface area (TPSA) is 70.1 Å². The zero-order chi connectivity index (χ0) is 13.4. The molecule has 0 radical (unpaired) electrons. The predicted molar refractivity (Wildman–Crippen MR) is 74.9 cm³/mol. The Balaban J connectivity index is 2.27. The van der Waals surface area contributed by atoms with E-state index in [0.29, 0.717) is 18.7 Å². The minimum absolute atomic E-state index is 0.0608. The van der Waals surface area contributed by atoms with E-state index < -0.39 is 0 Å². The second kappa shape index (κ2) is 7.62. The van der Waals surface area contributed by atoms with E-state index in [-0.39, 0.29) is 5.91 Å². The van der Waals surface area contributed by atoms with Gasteiger partial charge in [0, 0.05) is 25.0 Å². The first-order chi connectivity index (χ1) is 8.63. The van der Waals surface area contributed by atoms with Gasteiger partial charge >= 0.3 is 0 Å². The van der Waals surface area contributed by atoms with E-state index in [1.165, 1.54) is 0 Å². The maximum absolute atomic E-state index is 11.7. The van der Waals surface area contributed by atoms with Gasteiger partial charge in [-0.2, -0.15) is 5.26 Å². The van der Waals surface area contributed by atoms with Crippen molar-refractivity contribution < 1.29 is 4.79 Å². The molecular formula is C13H17N3OS. The number of benzene rings is 1. The van der Waals surface area contributed by atoms with Crippen LogP contribution in [0.2, 0.25) is 0 Å². The third-order valence-electron chi connectivity index (χ3n) is 2.46. The summed E-state index contributed by atoms with van der Waals surface area (Å²) in [7, 11) is 1.73. The molecule has 0 saturated heterocycles. The largest absolute Gasteiger partial charge is 0.399 e. The maximum Gasteiger partial charge on any atom is 0.232 e. The van der Waals surface area contributed by atoms with Gasteiger partial charge in [-0.15, -0.1) is 11.8 Å². The van der Waals surface area contributed by atoms with Crippen molar-refractivity contribution in [3.63, 3.8) is 0 Å². The highest BCUT2D eigenvalue weighted by molar-refractivity contribution is 7.99. The van der Waals surface area contributed by atoms with E-state index in [9.17, 15) is 4.79 Å². The summed E-state index contributed by atoms with van der Waals surface area (Å²) in [6.07, 6.45) is 0.380. The number of hydrogen-bond donors (Lipinski definition) is 1. The molecule has 0 aromatic heterocycles. The Morgan fingerprint density at radius 3 is 2.72 bits per heavy atom. The molecule has 0 aliphatic heterocycles. The second-order valence-electron chi connectivity index (χ2n) is 3.96. The van der Waals surface area contributed by atoms with E-state index >= 15 is 0 Å². The van der Waals surface area contributed by atoms with Gasteiger partial charge in [0.2, 0.25) is 5.91 Å². The Hall–Kier alpha value is -1.67. The third kappa shape index (κ3) is 5.11. The van der Waals surface area contributed by atoms with Crippen molar-refractivity contribution in [3.8, 4) is 6.07 Å². The zero-order valence-corrected chi connectivity index (χ0v) is 11.2. The van der Waals surface area contributed by atoms with Crippen molar-refractivity contribution in [2.45, 2.75) is 12.2 Å². The second-order valence-corrected chi connectivity index (χ2v) is 4.94. The minimum atomic E-state index is 0.0608. The summed E-state index contributed by atoms with van der Waals surface area (Å²) >= 11 is 1.57. The molecule has 1 rings (SSSR count). The van der Waals surface area contributed by atoms with Gasteiger partial charge in [0.1, 0.15) is 0 Å². The van der Waals surface area contributed by atoms with Crippen LogP contribution in [-0.2, 0) is 10.5 Å². The molecular weight excluding hydrogens is 246 g/mol. The fraction of sp³-hybridized carbons (Fsp3) is 0.385. The molecule has 0 fully saturated rings. The van der Waals surface area contributed by atoms with Gasteiger partial charge in [0.25, 0.3) is 0 Å². The van der Waals surface area contributed by atoms with Crippen LogP contribution >= 0.6 is 11.8 Å². The Morgan fingerprint density at radius 1 is 1.44 bits per heavy atom. The van der Waals surface area contributed by atoms with Crippen molar-refractivity contribution in [2.24, 2.45) is 0 Å². The average Bonchev–Trinajstić information content (AvgIpc) is 2.38. The quantitative estimate of drug-likeness (QED) is 0.795. The summed E-state index contributed by atoms with van der Waals surface area (Å²) < 4.78 is 0. The number of thioether (sulfide) groups is 1. The van der Waals surface area contributed by atoms with Gasteiger partial charge in [-0.25, -0.2) is 0 Å². The molecule has 1 amide bonds. The molecule has 18 heavy (non-hydrogen) atoms. The molecule has 96 valence electrons. The third-order valence-corrected chi connectivity index (χ3v) is 3.45. The summed E-state index contributed by atoms with van der Waals surface area (Å²) in [5, 5.41) is 8.44. The van der Waals surface area contributed by atoms with E-state index in [2.05, 4.69) is 0 Å². The van der Waals surface area contributed by atoms with Gasteiger partial charge in [-0.1, -0.05) is 12.1 Å². The van der Waals surface area contributed by atoms with Gasteiger partial charge in [0.15, 0.2) is 0 Å². The first-order valence-electron chi connectivity index (χ1n) is 5.66. The van der Waals surface area contributed by atoms with Gasteiger partial charge < -0.3 is 10.6 Å². The lowest BCUT2D eigenvalue weighted by Gasteiger charge is -2.14. The summed E-state index contributed by atoms with van der Waals surface area (Å²) in [5.41, 5.74) is 7.50. The highest BCUT2D eigenvalue weighted by Crippen LogP contribution is 2.14. The van der Waals surface area contributed by atoms with Crippen molar-refractivity contribution in [3.05, 3.63) is 29.8 Å². The maximum atomic E-state index is 11.7. The highest BCUT2D eigenvalue weighted by atomic mass is 32.2. The van der Waals surface area contributed by atoms with Gasteiger partial charge in [-0.05, 0) is 17.7 Å². The molecule has 5 heteroatoms. The fourth-order valence-corrected chi connectivity index (χ4v) is 2.25. The standard InChI is InChI=1S/C13H17N3OS/c1-16(8-2-7-14)13(17)10-18-9-11-3-5-12(15)6-4-11/h3-6H,2,8-10,15H2,1H3. The normalized spacial score (nSPS) is 9.78. The number of nitrogen functional groups attached to an aromatic ring is 1. The van der Waals surface area contributed by atoms with Crippen LogP contribution in [0, 0.1) is 11.3 Å². The van der Waals surface area contributed by atoms with Crippen LogP contribution in [-0.4, -0.2) is 30.2 Å².